The number of rotatable bonds is 3. The minimum atomic E-state index is -0.485. The predicted octanol–water partition coefficient (Wildman–Crippen LogP) is 1.46. The molecule has 1 amide bonds. The summed E-state index contributed by atoms with van der Waals surface area (Å²) in [4.78, 5) is 27.7. The zero-order valence-corrected chi connectivity index (χ0v) is 10.3. The van der Waals surface area contributed by atoms with Crippen molar-refractivity contribution in [1.82, 2.24) is 9.88 Å². The molecular weight excluding hydrogens is 228 g/mol. The molecule has 0 bridgehead atoms. The molecular formula is C11H15ClN2O2. The van der Waals surface area contributed by atoms with Gasteiger partial charge in [-0.3, -0.25) is 9.59 Å². The van der Waals surface area contributed by atoms with E-state index in [0.29, 0.717) is 5.88 Å². The minimum Gasteiger partial charge on any atom is -0.367 e. The molecule has 0 unspecified atom stereocenters. The fraction of sp³-hybridized carbons (Fsp3) is 0.455. The number of aromatic amines is 1. The number of carbonyl (C=O) groups excluding carboxylic acids is 1. The lowest BCUT2D eigenvalue weighted by molar-refractivity contribution is 0.0658. The molecule has 0 spiro atoms. The second kappa shape index (κ2) is 4.70. The summed E-state index contributed by atoms with van der Waals surface area (Å²) in [6, 6.07) is 1.33. The van der Waals surface area contributed by atoms with Crippen LogP contribution < -0.4 is 5.43 Å². The van der Waals surface area contributed by atoms with Gasteiger partial charge in [0.05, 0.1) is 5.54 Å². The molecule has 16 heavy (non-hydrogen) atoms. The zero-order chi connectivity index (χ0) is 12.3. The van der Waals surface area contributed by atoms with Crippen molar-refractivity contribution in [3.05, 3.63) is 34.2 Å². The van der Waals surface area contributed by atoms with Gasteiger partial charge in [-0.15, -0.1) is 11.6 Å². The van der Waals surface area contributed by atoms with Gasteiger partial charge < -0.3 is 9.88 Å². The third kappa shape index (κ3) is 2.44. The Morgan fingerprint density at radius 3 is 2.69 bits per heavy atom. The second-order valence-electron chi connectivity index (χ2n) is 4.23. The van der Waals surface area contributed by atoms with E-state index in [1.54, 1.807) is 7.05 Å². The molecule has 0 saturated carbocycles. The Morgan fingerprint density at radius 2 is 2.19 bits per heavy atom. The van der Waals surface area contributed by atoms with Gasteiger partial charge in [0.2, 0.25) is 0 Å². The Hall–Kier alpha value is -1.29. The van der Waals surface area contributed by atoms with E-state index in [1.807, 2.05) is 13.8 Å². The van der Waals surface area contributed by atoms with Crippen molar-refractivity contribution in [2.45, 2.75) is 19.4 Å². The van der Waals surface area contributed by atoms with Crippen LogP contribution in [0.5, 0.6) is 0 Å². The number of H-pyrrole nitrogens is 1. The highest BCUT2D eigenvalue weighted by molar-refractivity contribution is 6.18. The van der Waals surface area contributed by atoms with Gasteiger partial charge in [-0.25, -0.2) is 0 Å². The van der Waals surface area contributed by atoms with Crippen molar-refractivity contribution in [3.63, 3.8) is 0 Å². The van der Waals surface area contributed by atoms with Crippen molar-refractivity contribution in [2.24, 2.45) is 0 Å². The number of halogens is 1. The van der Waals surface area contributed by atoms with E-state index in [1.165, 1.54) is 23.4 Å². The van der Waals surface area contributed by atoms with Crippen LogP contribution in [0, 0.1) is 0 Å². The van der Waals surface area contributed by atoms with E-state index in [0.717, 1.165) is 0 Å². The SMILES string of the molecule is CN(C(=O)c1c[nH]ccc1=O)C(C)(C)CCl. The van der Waals surface area contributed by atoms with Crippen LogP contribution in [0.3, 0.4) is 0 Å². The van der Waals surface area contributed by atoms with Crippen molar-refractivity contribution >= 4 is 17.5 Å². The third-order valence-electron chi connectivity index (χ3n) is 2.59. The first-order valence-electron chi connectivity index (χ1n) is 4.91. The highest BCUT2D eigenvalue weighted by atomic mass is 35.5. The van der Waals surface area contributed by atoms with Gasteiger partial charge in [-0.05, 0) is 13.8 Å². The first-order valence-corrected chi connectivity index (χ1v) is 5.45. The third-order valence-corrected chi connectivity index (χ3v) is 3.25. The van der Waals surface area contributed by atoms with Crippen LogP contribution in [0.25, 0.3) is 0 Å². The standard InChI is InChI=1S/C11H15ClN2O2/c1-11(2,7-12)14(3)10(16)8-6-13-5-4-9(8)15/h4-6H,7H2,1-3H3,(H,13,15). The number of hydrogen-bond donors (Lipinski definition) is 1. The lowest BCUT2D eigenvalue weighted by atomic mass is 10.1. The van der Waals surface area contributed by atoms with Crippen LogP contribution >= 0.6 is 11.6 Å². The summed E-state index contributed by atoms with van der Waals surface area (Å²) >= 11 is 5.78. The number of alkyl halides is 1. The summed E-state index contributed by atoms with van der Waals surface area (Å²) in [7, 11) is 1.64. The molecule has 0 fully saturated rings. The largest absolute Gasteiger partial charge is 0.367 e. The van der Waals surface area contributed by atoms with Gasteiger partial charge in [-0.1, -0.05) is 0 Å². The van der Waals surface area contributed by atoms with Crippen LogP contribution in [-0.2, 0) is 0 Å². The zero-order valence-electron chi connectivity index (χ0n) is 9.58. The fourth-order valence-corrected chi connectivity index (χ4v) is 1.31. The van der Waals surface area contributed by atoms with Crippen molar-refractivity contribution in [3.8, 4) is 0 Å². The molecule has 0 atom stereocenters. The summed E-state index contributed by atoms with van der Waals surface area (Å²) in [6.07, 6.45) is 2.90. The minimum absolute atomic E-state index is 0.128. The number of pyridine rings is 1. The lowest BCUT2D eigenvalue weighted by Crippen LogP contribution is -2.47. The Labute approximate surface area is 99.2 Å². The topological polar surface area (TPSA) is 53.2 Å². The predicted molar refractivity (Wildman–Crippen MR) is 64.0 cm³/mol. The maximum atomic E-state index is 12.0. The van der Waals surface area contributed by atoms with Crippen molar-refractivity contribution in [2.75, 3.05) is 12.9 Å². The van der Waals surface area contributed by atoms with Gasteiger partial charge in [-0.2, -0.15) is 0 Å². The number of carbonyl (C=O) groups is 1. The molecule has 0 aromatic carbocycles. The molecule has 1 rings (SSSR count). The molecule has 1 heterocycles. The average molecular weight is 243 g/mol. The molecule has 1 N–H and O–H groups in total. The van der Waals surface area contributed by atoms with E-state index in [-0.39, 0.29) is 16.9 Å². The summed E-state index contributed by atoms with van der Waals surface area (Å²) in [5.74, 6) is -0.0209. The number of aromatic nitrogens is 1. The van der Waals surface area contributed by atoms with Gasteiger partial charge >= 0.3 is 0 Å². The normalized spacial score (nSPS) is 11.2. The van der Waals surface area contributed by atoms with Gasteiger partial charge in [0, 0.05) is 31.4 Å². The van der Waals surface area contributed by atoms with Crippen LogP contribution in [-0.4, -0.2) is 34.3 Å². The van der Waals surface area contributed by atoms with Crippen LogP contribution in [0.1, 0.15) is 24.2 Å². The summed E-state index contributed by atoms with van der Waals surface area (Å²) in [6.45, 7) is 3.68. The van der Waals surface area contributed by atoms with Crippen molar-refractivity contribution < 1.29 is 4.79 Å². The summed E-state index contributed by atoms with van der Waals surface area (Å²) < 4.78 is 0. The van der Waals surface area contributed by atoms with Crippen LogP contribution in [0.2, 0.25) is 0 Å². The van der Waals surface area contributed by atoms with E-state index < -0.39 is 5.54 Å². The quantitative estimate of drug-likeness (QED) is 0.816. The van der Waals surface area contributed by atoms with Gasteiger partial charge in [0.1, 0.15) is 5.56 Å². The molecule has 0 saturated heterocycles. The van der Waals surface area contributed by atoms with Gasteiger partial charge in [0.25, 0.3) is 5.91 Å². The molecule has 5 heteroatoms. The molecule has 4 nitrogen and oxygen atoms in total. The first kappa shape index (κ1) is 12.8. The van der Waals surface area contributed by atoms with E-state index >= 15 is 0 Å². The Morgan fingerprint density at radius 1 is 1.56 bits per heavy atom. The van der Waals surface area contributed by atoms with E-state index in [4.69, 9.17) is 11.6 Å². The Balaban J connectivity index is 3.05. The van der Waals surface area contributed by atoms with Crippen molar-refractivity contribution in [1.29, 1.82) is 0 Å². The molecule has 0 radical (unpaired) electrons. The average Bonchev–Trinajstić information content (AvgIpc) is 2.27. The maximum Gasteiger partial charge on any atom is 0.259 e. The number of nitrogens with zero attached hydrogens (tertiary/aromatic N) is 1. The Kier molecular flexibility index (Phi) is 3.75. The second-order valence-corrected chi connectivity index (χ2v) is 4.50. The van der Waals surface area contributed by atoms with Crippen LogP contribution in [0.4, 0.5) is 0 Å². The maximum absolute atomic E-state index is 12.0. The molecule has 0 aliphatic rings. The van der Waals surface area contributed by atoms with E-state index in [9.17, 15) is 9.59 Å². The van der Waals surface area contributed by atoms with Crippen LogP contribution in [0.15, 0.2) is 23.3 Å². The Bertz CT molecular complexity index is 440. The van der Waals surface area contributed by atoms with Gasteiger partial charge in [0.15, 0.2) is 5.43 Å². The summed E-state index contributed by atoms with van der Waals surface area (Å²) in [5.41, 5.74) is -0.648. The highest BCUT2D eigenvalue weighted by Crippen LogP contribution is 2.15. The number of amides is 1. The monoisotopic (exact) mass is 242 g/mol. The molecule has 88 valence electrons. The number of hydrogen-bond acceptors (Lipinski definition) is 2. The molecule has 1 aromatic rings. The number of nitrogens with one attached hydrogen (secondary N) is 1. The molecule has 1 aromatic heterocycles. The first-order chi connectivity index (χ1) is 7.40. The fourth-order valence-electron chi connectivity index (χ4n) is 1.13. The van der Waals surface area contributed by atoms with E-state index in [2.05, 4.69) is 4.98 Å². The molecule has 0 aliphatic heterocycles. The highest BCUT2D eigenvalue weighted by Gasteiger charge is 2.28. The molecule has 0 aliphatic carbocycles. The lowest BCUT2D eigenvalue weighted by Gasteiger charge is -2.33. The summed E-state index contributed by atoms with van der Waals surface area (Å²) in [5, 5.41) is 0. The smallest absolute Gasteiger partial charge is 0.259 e.